The van der Waals surface area contributed by atoms with Crippen LogP contribution in [0.2, 0.25) is 0 Å². The number of hydrogen-bond donors (Lipinski definition) is 2. The third-order valence-corrected chi connectivity index (χ3v) is 6.03. The summed E-state index contributed by atoms with van der Waals surface area (Å²) < 4.78 is 5.82. The molecular formula is C20H32N6O3S. The highest BCUT2D eigenvalue weighted by atomic mass is 32.2. The van der Waals surface area contributed by atoms with Gasteiger partial charge in [0.05, 0.1) is 30.2 Å². The minimum atomic E-state index is -0.883. The standard InChI is InChI=1S/C20H32N6O3S/c1-19(2,3)14-10-21-15(29-14)12-30-16-11-22-26(24-16)23-13-8-7-9-25(18(27)28)17(13)20(4,5)6/h10-11,13,17,23H,7-9,12H2,1-6H3,(H,27,28). The number of carboxylic acid groups (broad SMARTS) is 1. The monoisotopic (exact) mass is 436 g/mol. The highest BCUT2D eigenvalue weighted by Crippen LogP contribution is 2.33. The number of piperidine rings is 1. The van der Waals surface area contributed by atoms with Gasteiger partial charge in [0.2, 0.25) is 5.89 Å². The van der Waals surface area contributed by atoms with E-state index in [0.29, 0.717) is 18.2 Å². The lowest BCUT2D eigenvalue weighted by atomic mass is 9.78. The number of nitrogens with zero attached hydrogens (tertiary/aromatic N) is 5. The molecule has 1 fully saturated rings. The molecule has 10 heteroatoms. The van der Waals surface area contributed by atoms with Gasteiger partial charge in [-0.3, -0.25) is 5.43 Å². The number of carbonyl (C=O) groups is 1. The second-order valence-corrected chi connectivity index (χ2v) is 10.8. The van der Waals surface area contributed by atoms with E-state index in [1.807, 2.05) is 0 Å². The first kappa shape index (κ1) is 22.5. The lowest BCUT2D eigenvalue weighted by Crippen LogP contribution is -2.60. The zero-order chi connectivity index (χ0) is 22.1. The normalized spacial score (nSPS) is 20.4. The third kappa shape index (κ3) is 5.27. The van der Waals surface area contributed by atoms with Crippen molar-refractivity contribution in [3.63, 3.8) is 0 Å². The van der Waals surface area contributed by atoms with Gasteiger partial charge in [-0.25, -0.2) is 9.78 Å². The van der Waals surface area contributed by atoms with Gasteiger partial charge >= 0.3 is 6.09 Å². The zero-order valence-corrected chi connectivity index (χ0v) is 19.4. The number of hydrogen-bond acceptors (Lipinski definition) is 7. The van der Waals surface area contributed by atoms with Crippen molar-refractivity contribution in [3.05, 3.63) is 24.0 Å². The second kappa shape index (κ2) is 8.49. The Morgan fingerprint density at radius 2 is 2.03 bits per heavy atom. The molecule has 1 aliphatic rings. The van der Waals surface area contributed by atoms with Crippen molar-refractivity contribution in [2.24, 2.45) is 5.41 Å². The minimum absolute atomic E-state index is 0.0683. The van der Waals surface area contributed by atoms with Crippen LogP contribution in [0.5, 0.6) is 0 Å². The van der Waals surface area contributed by atoms with E-state index >= 15 is 0 Å². The number of thioether (sulfide) groups is 1. The summed E-state index contributed by atoms with van der Waals surface area (Å²) in [4.78, 5) is 19.1. The molecule has 2 N–H and O–H groups in total. The third-order valence-electron chi connectivity index (χ3n) is 5.15. The fraction of sp³-hybridized carbons (Fsp3) is 0.700. The molecule has 0 aliphatic carbocycles. The van der Waals surface area contributed by atoms with Crippen LogP contribution in [0.3, 0.4) is 0 Å². The maximum atomic E-state index is 11.7. The van der Waals surface area contributed by atoms with Crippen LogP contribution in [0, 0.1) is 5.41 Å². The highest BCUT2D eigenvalue weighted by molar-refractivity contribution is 7.98. The predicted octanol–water partition coefficient (Wildman–Crippen LogP) is 3.96. The highest BCUT2D eigenvalue weighted by Gasteiger charge is 2.42. The van der Waals surface area contributed by atoms with Crippen molar-refractivity contribution < 1.29 is 14.3 Å². The fourth-order valence-corrected chi connectivity index (χ4v) is 4.46. The van der Waals surface area contributed by atoms with Crippen molar-refractivity contribution in [2.75, 3.05) is 12.0 Å². The summed E-state index contributed by atoms with van der Waals surface area (Å²) in [7, 11) is 0. The number of rotatable bonds is 5. The molecule has 0 aromatic carbocycles. The van der Waals surface area contributed by atoms with E-state index in [4.69, 9.17) is 4.42 Å². The second-order valence-electron chi connectivity index (χ2n) is 9.79. The molecule has 0 saturated carbocycles. The fourth-order valence-electron chi connectivity index (χ4n) is 3.80. The Labute approximate surface area is 181 Å². The van der Waals surface area contributed by atoms with Crippen molar-refractivity contribution in [1.82, 2.24) is 25.0 Å². The number of likely N-dealkylation sites (tertiary alicyclic amines) is 1. The molecule has 1 amide bonds. The Morgan fingerprint density at radius 3 is 2.63 bits per heavy atom. The van der Waals surface area contributed by atoms with Gasteiger partial charge in [0.1, 0.15) is 10.8 Å². The summed E-state index contributed by atoms with van der Waals surface area (Å²) in [6.07, 6.45) is 4.25. The summed E-state index contributed by atoms with van der Waals surface area (Å²) >= 11 is 1.50. The molecule has 0 bridgehead atoms. The molecule has 2 aromatic rings. The molecule has 166 valence electrons. The maximum Gasteiger partial charge on any atom is 0.407 e. The molecule has 3 rings (SSSR count). The van der Waals surface area contributed by atoms with Crippen LogP contribution >= 0.6 is 11.8 Å². The van der Waals surface area contributed by atoms with Gasteiger partial charge in [0.15, 0.2) is 0 Å². The van der Waals surface area contributed by atoms with Gasteiger partial charge in [0, 0.05) is 12.0 Å². The number of amides is 1. The number of nitrogens with one attached hydrogen (secondary N) is 1. The Balaban J connectivity index is 1.64. The largest absolute Gasteiger partial charge is 0.465 e. The van der Waals surface area contributed by atoms with Crippen molar-refractivity contribution in [3.8, 4) is 0 Å². The van der Waals surface area contributed by atoms with Crippen molar-refractivity contribution in [2.45, 2.75) is 82.7 Å². The molecule has 0 spiro atoms. The first-order valence-electron chi connectivity index (χ1n) is 10.2. The topological polar surface area (TPSA) is 109 Å². The summed E-state index contributed by atoms with van der Waals surface area (Å²) in [5, 5.41) is 19.2. The van der Waals surface area contributed by atoms with E-state index in [1.54, 1.807) is 12.4 Å². The average molecular weight is 437 g/mol. The molecule has 1 saturated heterocycles. The van der Waals surface area contributed by atoms with Crippen LogP contribution in [-0.2, 0) is 11.2 Å². The lowest BCUT2D eigenvalue weighted by molar-refractivity contribution is 0.0481. The molecule has 9 nitrogen and oxygen atoms in total. The zero-order valence-electron chi connectivity index (χ0n) is 18.5. The molecule has 0 radical (unpaired) electrons. The van der Waals surface area contributed by atoms with Crippen LogP contribution in [-0.4, -0.2) is 54.8 Å². The van der Waals surface area contributed by atoms with Crippen LogP contribution in [0.25, 0.3) is 0 Å². The Morgan fingerprint density at radius 1 is 1.30 bits per heavy atom. The molecule has 30 heavy (non-hydrogen) atoms. The lowest BCUT2D eigenvalue weighted by Gasteiger charge is -2.46. The molecule has 3 heterocycles. The van der Waals surface area contributed by atoms with E-state index in [-0.39, 0.29) is 22.9 Å². The van der Waals surface area contributed by atoms with Crippen LogP contribution in [0.4, 0.5) is 4.79 Å². The van der Waals surface area contributed by atoms with Crippen molar-refractivity contribution >= 4 is 17.9 Å². The molecular weight excluding hydrogens is 404 g/mol. The van der Waals surface area contributed by atoms with Crippen molar-refractivity contribution in [1.29, 1.82) is 0 Å². The van der Waals surface area contributed by atoms with E-state index < -0.39 is 6.09 Å². The van der Waals surface area contributed by atoms with Gasteiger partial charge < -0.3 is 14.4 Å². The van der Waals surface area contributed by atoms with Gasteiger partial charge in [0.25, 0.3) is 0 Å². The van der Waals surface area contributed by atoms with Gasteiger partial charge in [-0.2, -0.15) is 0 Å². The van der Waals surface area contributed by atoms with Crippen LogP contribution < -0.4 is 5.43 Å². The number of aromatic nitrogens is 4. The van der Waals surface area contributed by atoms with Crippen LogP contribution in [0.1, 0.15) is 66.0 Å². The molecule has 1 aliphatic heterocycles. The smallest absolute Gasteiger partial charge is 0.407 e. The van der Waals surface area contributed by atoms with E-state index in [2.05, 4.69) is 62.1 Å². The molecule has 2 unspecified atom stereocenters. The maximum absolute atomic E-state index is 11.7. The Hall–Kier alpha value is -2.23. The summed E-state index contributed by atoms with van der Waals surface area (Å²) in [5.74, 6) is 2.08. The van der Waals surface area contributed by atoms with Crippen LogP contribution in [0.15, 0.2) is 21.8 Å². The quantitative estimate of drug-likeness (QED) is 0.678. The average Bonchev–Trinajstić information content (AvgIpc) is 3.27. The minimum Gasteiger partial charge on any atom is -0.465 e. The molecule has 2 atom stereocenters. The van der Waals surface area contributed by atoms with E-state index in [9.17, 15) is 9.90 Å². The summed E-state index contributed by atoms with van der Waals surface area (Å²) in [6, 6.07) is -0.241. The first-order chi connectivity index (χ1) is 13.9. The predicted molar refractivity (Wildman–Crippen MR) is 115 cm³/mol. The van der Waals surface area contributed by atoms with E-state index in [0.717, 1.165) is 23.6 Å². The SMILES string of the molecule is CC(C)(C)c1cnc(CSc2cnn(NC3CCCN(C(=O)O)C3C(C)(C)C)n2)o1. The molecule has 2 aromatic heterocycles. The van der Waals surface area contributed by atoms with Gasteiger partial charge in [-0.1, -0.05) is 58.2 Å². The summed E-state index contributed by atoms with van der Waals surface area (Å²) in [5.41, 5.74) is 3.02. The van der Waals surface area contributed by atoms with E-state index in [1.165, 1.54) is 21.6 Å². The van der Waals surface area contributed by atoms with Gasteiger partial charge in [-0.15, -0.1) is 10.2 Å². The Bertz CT molecular complexity index is 867. The van der Waals surface area contributed by atoms with Gasteiger partial charge in [-0.05, 0) is 18.3 Å². The summed E-state index contributed by atoms with van der Waals surface area (Å²) in [6.45, 7) is 13.0. The number of oxazole rings is 1. The Kier molecular flexibility index (Phi) is 6.35. The first-order valence-corrected chi connectivity index (χ1v) is 11.2.